The van der Waals surface area contributed by atoms with Gasteiger partial charge in [-0.1, -0.05) is 30.3 Å². The van der Waals surface area contributed by atoms with E-state index in [1.165, 1.54) is 18.2 Å². The Morgan fingerprint density at radius 3 is 2.30 bits per heavy atom. The van der Waals surface area contributed by atoms with Crippen LogP contribution < -0.4 is 4.90 Å². The number of nitrogens with zero attached hydrogens (tertiary/aromatic N) is 1. The molecule has 1 aliphatic heterocycles. The topological polar surface area (TPSA) is 57.6 Å². The average molecular weight is 411 g/mol. The number of rotatable bonds is 3. The summed E-state index contributed by atoms with van der Waals surface area (Å²) in [5.74, 6) is -1.32. The number of anilines is 1. The van der Waals surface area contributed by atoms with Crippen LogP contribution in [0.4, 0.5) is 18.9 Å². The second-order valence-electron chi connectivity index (χ2n) is 6.98. The van der Waals surface area contributed by atoms with Crippen LogP contribution in [-0.4, -0.2) is 23.5 Å². The van der Waals surface area contributed by atoms with E-state index in [1.807, 2.05) is 0 Å². The fourth-order valence-corrected chi connectivity index (χ4v) is 3.65. The van der Waals surface area contributed by atoms with E-state index < -0.39 is 17.7 Å². The standard InChI is InChI=1S/C23H16F3NO3/c24-23(25,26)17-8-5-14(6-9-17)18-3-1-2-4-19(18)21(28)27-12-11-15-13-16(22(29)30)7-10-20(15)27/h1-10,13H,11-12H2,(H,29,30). The minimum Gasteiger partial charge on any atom is -0.478 e. The summed E-state index contributed by atoms with van der Waals surface area (Å²) >= 11 is 0. The van der Waals surface area contributed by atoms with Crippen LogP contribution in [0.25, 0.3) is 11.1 Å². The molecule has 3 aromatic rings. The van der Waals surface area contributed by atoms with Gasteiger partial charge in [0.1, 0.15) is 0 Å². The monoisotopic (exact) mass is 411 g/mol. The van der Waals surface area contributed by atoms with Gasteiger partial charge < -0.3 is 10.0 Å². The second kappa shape index (κ2) is 7.33. The molecule has 0 fully saturated rings. The van der Waals surface area contributed by atoms with Crippen molar-refractivity contribution in [1.29, 1.82) is 0 Å². The van der Waals surface area contributed by atoms with Crippen molar-refractivity contribution in [1.82, 2.24) is 0 Å². The van der Waals surface area contributed by atoms with Gasteiger partial charge in [0.15, 0.2) is 0 Å². The van der Waals surface area contributed by atoms with Crippen LogP contribution in [-0.2, 0) is 12.6 Å². The van der Waals surface area contributed by atoms with E-state index in [0.717, 1.165) is 17.7 Å². The van der Waals surface area contributed by atoms with Gasteiger partial charge in [-0.2, -0.15) is 13.2 Å². The number of hydrogen-bond donors (Lipinski definition) is 1. The number of halogens is 3. The predicted octanol–water partition coefficient (Wildman–Crippen LogP) is 5.27. The molecule has 152 valence electrons. The lowest BCUT2D eigenvalue weighted by Crippen LogP contribution is -2.29. The molecule has 4 nitrogen and oxygen atoms in total. The van der Waals surface area contributed by atoms with Crippen LogP contribution in [0.3, 0.4) is 0 Å². The molecule has 0 aromatic heterocycles. The molecule has 0 saturated heterocycles. The quantitative estimate of drug-likeness (QED) is 0.639. The van der Waals surface area contributed by atoms with Crippen molar-refractivity contribution in [3.63, 3.8) is 0 Å². The van der Waals surface area contributed by atoms with Gasteiger partial charge in [0.05, 0.1) is 11.1 Å². The van der Waals surface area contributed by atoms with E-state index in [2.05, 4.69) is 0 Å². The fraction of sp³-hybridized carbons (Fsp3) is 0.130. The highest BCUT2D eigenvalue weighted by Crippen LogP contribution is 2.34. The summed E-state index contributed by atoms with van der Waals surface area (Å²) in [6.45, 7) is 0.401. The summed E-state index contributed by atoms with van der Waals surface area (Å²) in [4.78, 5) is 26.0. The van der Waals surface area contributed by atoms with Gasteiger partial charge >= 0.3 is 12.1 Å². The highest BCUT2D eigenvalue weighted by molar-refractivity contribution is 6.11. The van der Waals surface area contributed by atoms with Crippen molar-refractivity contribution in [3.05, 3.63) is 89.0 Å². The number of fused-ring (bicyclic) bond motifs is 1. The number of hydrogen-bond acceptors (Lipinski definition) is 2. The maximum absolute atomic E-state index is 13.3. The van der Waals surface area contributed by atoms with E-state index in [4.69, 9.17) is 5.11 Å². The molecule has 1 heterocycles. The third kappa shape index (κ3) is 3.54. The smallest absolute Gasteiger partial charge is 0.416 e. The first-order chi connectivity index (χ1) is 14.3. The van der Waals surface area contributed by atoms with Crippen LogP contribution >= 0.6 is 0 Å². The molecule has 30 heavy (non-hydrogen) atoms. The zero-order valence-corrected chi connectivity index (χ0v) is 15.6. The van der Waals surface area contributed by atoms with Crippen LogP contribution in [0.5, 0.6) is 0 Å². The first-order valence-electron chi connectivity index (χ1n) is 9.20. The SMILES string of the molecule is O=C(O)c1ccc2c(c1)CCN2C(=O)c1ccccc1-c1ccc(C(F)(F)F)cc1. The highest BCUT2D eigenvalue weighted by atomic mass is 19.4. The normalized spacial score (nSPS) is 13.2. The maximum atomic E-state index is 13.3. The largest absolute Gasteiger partial charge is 0.478 e. The Hall–Kier alpha value is -3.61. The zero-order valence-electron chi connectivity index (χ0n) is 15.6. The number of carbonyl (C=O) groups excluding carboxylic acids is 1. The van der Waals surface area contributed by atoms with Gasteiger partial charge in [0.2, 0.25) is 0 Å². The Morgan fingerprint density at radius 2 is 1.63 bits per heavy atom. The summed E-state index contributed by atoms with van der Waals surface area (Å²) in [6.07, 6.45) is -3.90. The summed E-state index contributed by atoms with van der Waals surface area (Å²) in [5.41, 5.74) is 2.24. The first kappa shape index (κ1) is 19.7. The molecular formula is C23H16F3NO3. The molecule has 1 amide bonds. The van der Waals surface area contributed by atoms with Gasteiger partial charge in [0.25, 0.3) is 5.91 Å². The van der Waals surface area contributed by atoms with Gasteiger partial charge in [-0.15, -0.1) is 0 Å². The van der Waals surface area contributed by atoms with Gasteiger partial charge in [-0.25, -0.2) is 4.79 Å². The lowest BCUT2D eigenvalue weighted by Gasteiger charge is -2.20. The average Bonchev–Trinajstić information content (AvgIpc) is 3.16. The van der Waals surface area contributed by atoms with E-state index in [0.29, 0.717) is 35.3 Å². The molecule has 0 spiro atoms. The Morgan fingerprint density at radius 1 is 0.933 bits per heavy atom. The third-order valence-electron chi connectivity index (χ3n) is 5.15. The molecule has 0 atom stereocenters. The molecule has 0 aliphatic carbocycles. The van der Waals surface area contributed by atoms with Crippen molar-refractivity contribution in [2.24, 2.45) is 0 Å². The number of carboxylic acid groups (broad SMARTS) is 1. The second-order valence-corrected chi connectivity index (χ2v) is 6.98. The Labute approximate surface area is 170 Å². The molecule has 0 bridgehead atoms. The predicted molar refractivity (Wildman–Crippen MR) is 106 cm³/mol. The number of amides is 1. The lowest BCUT2D eigenvalue weighted by molar-refractivity contribution is -0.137. The minimum atomic E-state index is -4.43. The highest BCUT2D eigenvalue weighted by Gasteiger charge is 2.31. The number of carboxylic acids is 1. The number of aromatic carboxylic acids is 1. The fourth-order valence-electron chi connectivity index (χ4n) is 3.65. The molecule has 7 heteroatoms. The van der Waals surface area contributed by atoms with Crippen LogP contribution in [0, 0.1) is 0 Å². The zero-order chi connectivity index (χ0) is 21.5. The van der Waals surface area contributed by atoms with Crippen LogP contribution in [0.1, 0.15) is 31.8 Å². The van der Waals surface area contributed by atoms with Crippen molar-refractivity contribution >= 4 is 17.6 Å². The van der Waals surface area contributed by atoms with Gasteiger partial charge in [-0.05, 0) is 59.5 Å². The Kier molecular flexibility index (Phi) is 4.81. The minimum absolute atomic E-state index is 0.160. The molecule has 0 radical (unpaired) electrons. The third-order valence-corrected chi connectivity index (χ3v) is 5.15. The van der Waals surface area contributed by atoms with Crippen molar-refractivity contribution in [2.45, 2.75) is 12.6 Å². The maximum Gasteiger partial charge on any atom is 0.416 e. The molecule has 1 aliphatic rings. The summed E-state index contributed by atoms with van der Waals surface area (Å²) in [5, 5.41) is 9.15. The van der Waals surface area contributed by atoms with E-state index in [-0.39, 0.29) is 11.5 Å². The summed E-state index contributed by atoms with van der Waals surface area (Å²) in [6, 6.07) is 16.1. The van der Waals surface area contributed by atoms with Crippen molar-refractivity contribution in [2.75, 3.05) is 11.4 Å². The Balaban J connectivity index is 1.69. The molecule has 4 rings (SSSR count). The summed E-state index contributed by atoms with van der Waals surface area (Å²) < 4.78 is 38.6. The molecular weight excluding hydrogens is 395 g/mol. The lowest BCUT2D eigenvalue weighted by atomic mass is 9.97. The first-order valence-corrected chi connectivity index (χ1v) is 9.20. The number of alkyl halides is 3. The molecule has 1 N–H and O–H groups in total. The summed E-state index contributed by atoms with van der Waals surface area (Å²) in [7, 11) is 0. The van der Waals surface area contributed by atoms with Gasteiger partial charge in [0, 0.05) is 17.8 Å². The molecule has 0 unspecified atom stereocenters. The van der Waals surface area contributed by atoms with E-state index >= 15 is 0 Å². The van der Waals surface area contributed by atoms with Crippen LogP contribution in [0.15, 0.2) is 66.7 Å². The molecule has 3 aromatic carbocycles. The van der Waals surface area contributed by atoms with E-state index in [1.54, 1.807) is 41.3 Å². The molecule has 0 saturated carbocycles. The van der Waals surface area contributed by atoms with Crippen LogP contribution in [0.2, 0.25) is 0 Å². The number of benzene rings is 3. The van der Waals surface area contributed by atoms with Gasteiger partial charge in [-0.3, -0.25) is 4.79 Å². The van der Waals surface area contributed by atoms with Crippen molar-refractivity contribution < 1.29 is 27.9 Å². The number of carbonyl (C=O) groups is 2. The Bertz CT molecular complexity index is 1140. The van der Waals surface area contributed by atoms with Crippen molar-refractivity contribution in [3.8, 4) is 11.1 Å². The van der Waals surface area contributed by atoms with E-state index in [9.17, 15) is 22.8 Å².